The number of methoxy groups -OCH3 is 3. The van der Waals surface area contributed by atoms with Crippen LogP contribution in [0.25, 0.3) is 0 Å². The maximum absolute atomic E-state index is 12.1. The van der Waals surface area contributed by atoms with E-state index in [0.29, 0.717) is 35.9 Å². The Morgan fingerprint density at radius 1 is 1.10 bits per heavy atom. The summed E-state index contributed by atoms with van der Waals surface area (Å²) in [4.78, 5) is 12.1. The van der Waals surface area contributed by atoms with Gasteiger partial charge in [0.1, 0.15) is 0 Å². The molecule has 1 amide bonds. The molecule has 1 aromatic carbocycles. The minimum atomic E-state index is -0.208. The van der Waals surface area contributed by atoms with Gasteiger partial charge in [0.2, 0.25) is 5.75 Å². The minimum absolute atomic E-state index is 0. The summed E-state index contributed by atoms with van der Waals surface area (Å²) in [6, 6.07) is 3.33. The molecule has 0 bridgehead atoms. The van der Waals surface area contributed by atoms with E-state index in [1.165, 1.54) is 21.3 Å². The maximum Gasteiger partial charge on any atom is 0.255 e. The average Bonchev–Trinajstić information content (AvgIpc) is 2.49. The molecule has 0 aromatic heterocycles. The molecular weight excluding hydrogens is 296 g/mol. The molecule has 7 heteroatoms. The predicted octanol–water partition coefficient (Wildman–Crippen LogP) is 1.60. The number of halogens is 1. The van der Waals surface area contributed by atoms with Gasteiger partial charge in [-0.25, -0.2) is 0 Å². The first-order valence-electron chi connectivity index (χ1n) is 6.46. The molecule has 0 saturated heterocycles. The fourth-order valence-electron chi connectivity index (χ4n) is 1.85. The van der Waals surface area contributed by atoms with Crippen LogP contribution in [0.3, 0.4) is 0 Å². The van der Waals surface area contributed by atoms with Crippen molar-refractivity contribution in [1.29, 1.82) is 0 Å². The van der Waals surface area contributed by atoms with Crippen LogP contribution in [0.5, 0.6) is 17.2 Å². The number of nitrogens with one attached hydrogen (secondary N) is 1. The third kappa shape index (κ3) is 4.99. The van der Waals surface area contributed by atoms with Crippen molar-refractivity contribution in [3.63, 3.8) is 0 Å². The van der Waals surface area contributed by atoms with Gasteiger partial charge in [0.05, 0.1) is 26.9 Å². The Morgan fingerprint density at radius 3 is 2.29 bits per heavy atom. The molecule has 0 atom stereocenters. The first kappa shape index (κ1) is 19.3. The fraction of sp³-hybridized carbons (Fsp3) is 0.500. The zero-order valence-electron chi connectivity index (χ0n) is 12.6. The Balaban J connectivity index is 0.00000400. The number of rotatable bonds is 8. The predicted molar refractivity (Wildman–Crippen MR) is 84.0 cm³/mol. The highest BCUT2D eigenvalue weighted by Gasteiger charge is 2.20. The minimum Gasteiger partial charge on any atom is -0.493 e. The van der Waals surface area contributed by atoms with E-state index in [2.05, 4.69) is 5.32 Å². The van der Waals surface area contributed by atoms with Crippen molar-refractivity contribution in [2.45, 2.75) is 12.8 Å². The molecular formula is C14H23ClN2O4. The molecule has 0 unspecified atom stereocenters. The quantitative estimate of drug-likeness (QED) is 0.711. The number of amides is 1. The molecule has 1 rings (SSSR count). The third-order valence-corrected chi connectivity index (χ3v) is 2.87. The van der Waals surface area contributed by atoms with Gasteiger partial charge >= 0.3 is 0 Å². The molecule has 6 nitrogen and oxygen atoms in total. The third-order valence-electron chi connectivity index (χ3n) is 2.87. The molecule has 0 heterocycles. The molecule has 0 aliphatic rings. The van der Waals surface area contributed by atoms with E-state index in [4.69, 9.17) is 19.9 Å². The van der Waals surface area contributed by atoms with Crippen molar-refractivity contribution in [1.82, 2.24) is 5.32 Å². The van der Waals surface area contributed by atoms with Crippen LogP contribution >= 0.6 is 12.4 Å². The van der Waals surface area contributed by atoms with Crippen LogP contribution in [0.2, 0.25) is 0 Å². The van der Waals surface area contributed by atoms with Crippen LogP contribution in [0, 0.1) is 0 Å². The monoisotopic (exact) mass is 318 g/mol. The Hall–Kier alpha value is -1.66. The van der Waals surface area contributed by atoms with Crippen molar-refractivity contribution < 1.29 is 19.0 Å². The summed E-state index contributed by atoms with van der Waals surface area (Å²) in [5.41, 5.74) is 5.82. The lowest BCUT2D eigenvalue weighted by atomic mass is 10.1. The molecule has 0 saturated carbocycles. The number of hydrogen-bond acceptors (Lipinski definition) is 5. The van der Waals surface area contributed by atoms with Gasteiger partial charge in [0, 0.05) is 6.54 Å². The highest BCUT2D eigenvalue weighted by molar-refractivity contribution is 5.98. The van der Waals surface area contributed by atoms with Gasteiger partial charge in [-0.3, -0.25) is 4.79 Å². The number of unbranched alkanes of at least 4 members (excludes halogenated alkanes) is 1. The number of ether oxygens (including phenoxy) is 3. The lowest BCUT2D eigenvalue weighted by Gasteiger charge is -2.15. The summed E-state index contributed by atoms with van der Waals surface area (Å²) in [6.07, 6.45) is 1.72. The highest BCUT2D eigenvalue weighted by atomic mass is 35.5. The summed E-state index contributed by atoms with van der Waals surface area (Å²) >= 11 is 0. The molecule has 0 fully saturated rings. The zero-order chi connectivity index (χ0) is 15.0. The van der Waals surface area contributed by atoms with E-state index < -0.39 is 0 Å². The maximum atomic E-state index is 12.1. The van der Waals surface area contributed by atoms with Crippen LogP contribution in [0.1, 0.15) is 23.2 Å². The number of carbonyl (C=O) groups is 1. The van der Waals surface area contributed by atoms with Crippen molar-refractivity contribution in [2.24, 2.45) is 5.73 Å². The SMILES string of the molecule is COc1ccc(C(=O)NCCCCN)c(OC)c1OC.Cl. The van der Waals surface area contributed by atoms with Crippen molar-refractivity contribution in [2.75, 3.05) is 34.4 Å². The summed E-state index contributed by atoms with van der Waals surface area (Å²) in [7, 11) is 4.52. The molecule has 0 aliphatic carbocycles. The van der Waals surface area contributed by atoms with Gasteiger partial charge in [-0.1, -0.05) is 0 Å². The van der Waals surface area contributed by atoms with Gasteiger partial charge in [-0.05, 0) is 31.5 Å². The molecule has 1 aromatic rings. The highest BCUT2D eigenvalue weighted by Crippen LogP contribution is 2.39. The second kappa shape index (κ2) is 10.1. The number of carbonyl (C=O) groups excluding carboxylic acids is 1. The second-order valence-corrected chi connectivity index (χ2v) is 4.13. The van der Waals surface area contributed by atoms with Crippen molar-refractivity contribution in [3.8, 4) is 17.2 Å². The van der Waals surface area contributed by atoms with E-state index >= 15 is 0 Å². The standard InChI is InChI=1S/C14H22N2O4.ClH/c1-18-11-7-6-10(12(19-2)13(11)20-3)14(17)16-9-5-4-8-15;/h6-7H,4-5,8-9,15H2,1-3H3,(H,16,17);1H. The number of benzene rings is 1. The Kier molecular flexibility index (Phi) is 9.32. The first-order chi connectivity index (χ1) is 9.69. The van der Waals surface area contributed by atoms with E-state index in [1.807, 2.05) is 0 Å². The summed E-state index contributed by atoms with van der Waals surface area (Å²) in [6.45, 7) is 1.20. The molecule has 21 heavy (non-hydrogen) atoms. The van der Waals surface area contributed by atoms with Crippen molar-refractivity contribution in [3.05, 3.63) is 17.7 Å². The second-order valence-electron chi connectivity index (χ2n) is 4.13. The first-order valence-corrected chi connectivity index (χ1v) is 6.46. The van der Waals surface area contributed by atoms with Gasteiger partial charge in [-0.2, -0.15) is 0 Å². The number of nitrogens with two attached hydrogens (primary N) is 1. The summed E-state index contributed by atoms with van der Waals surface area (Å²) in [5.74, 6) is 1.08. The van der Waals surface area contributed by atoms with E-state index in [0.717, 1.165) is 12.8 Å². The van der Waals surface area contributed by atoms with E-state index in [1.54, 1.807) is 12.1 Å². The summed E-state index contributed by atoms with van der Waals surface area (Å²) in [5, 5.41) is 2.83. The van der Waals surface area contributed by atoms with Gasteiger partial charge in [-0.15, -0.1) is 12.4 Å². The van der Waals surface area contributed by atoms with Gasteiger partial charge < -0.3 is 25.3 Å². The Morgan fingerprint density at radius 2 is 1.76 bits per heavy atom. The van der Waals surface area contributed by atoms with E-state index in [-0.39, 0.29) is 18.3 Å². The van der Waals surface area contributed by atoms with Crippen molar-refractivity contribution >= 4 is 18.3 Å². The topological polar surface area (TPSA) is 82.8 Å². The Labute approximate surface area is 131 Å². The summed E-state index contributed by atoms with van der Waals surface area (Å²) < 4.78 is 15.7. The van der Waals surface area contributed by atoms with Crippen LogP contribution in [-0.2, 0) is 0 Å². The molecule has 0 spiro atoms. The van der Waals surface area contributed by atoms with Crippen LogP contribution in [0.15, 0.2) is 12.1 Å². The van der Waals surface area contributed by atoms with Crippen LogP contribution in [-0.4, -0.2) is 40.3 Å². The van der Waals surface area contributed by atoms with Gasteiger partial charge in [0.25, 0.3) is 5.91 Å². The zero-order valence-corrected chi connectivity index (χ0v) is 13.4. The lowest BCUT2D eigenvalue weighted by molar-refractivity contribution is 0.0949. The normalized spacial score (nSPS) is 9.52. The fourth-order valence-corrected chi connectivity index (χ4v) is 1.85. The van der Waals surface area contributed by atoms with E-state index in [9.17, 15) is 4.79 Å². The number of hydrogen-bond donors (Lipinski definition) is 2. The smallest absolute Gasteiger partial charge is 0.255 e. The largest absolute Gasteiger partial charge is 0.493 e. The Bertz CT molecular complexity index is 455. The molecule has 0 aliphatic heterocycles. The van der Waals surface area contributed by atoms with Gasteiger partial charge in [0.15, 0.2) is 11.5 Å². The molecule has 0 radical (unpaired) electrons. The van der Waals surface area contributed by atoms with Crippen LogP contribution in [0.4, 0.5) is 0 Å². The van der Waals surface area contributed by atoms with Crippen LogP contribution < -0.4 is 25.3 Å². The molecule has 3 N–H and O–H groups in total. The molecule has 120 valence electrons. The average molecular weight is 319 g/mol. The lowest BCUT2D eigenvalue weighted by Crippen LogP contribution is -2.25.